The molecule has 0 radical (unpaired) electrons. The highest BCUT2D eigenvalue weighted by Crippen LogP contribution is 2.23. The van der Waals surface area contributed by atoms with Crippen molar-refractivity contribution >= 4 is 29.3 Å². The Morgan fingerprint density at radius 3 is 2.60 bits per heavy atom. The Kier molecular flexibility index (Phi) is 9.15. The van der Waals surface area contributed by atoms with Crippen molar-refractivity contribution in [3.05, 3.63) is 86.7 Å². The summed E-state index contributed by atoms with van der Waals surface area (Å²) in [6.45, 7) is 2.50. The Labute approximate surface area is 241 Å². The monoisotopic (exact) mass is 577 g/mol. The second-order valence-corrected chi connectivity index (χ2v) is 9.60. The minimum Gasteiger partial charge on any atom is -0.496 e. The van der Waals surface area contributed by atoms with Gasteiger partial charge >= 0.3 is 5.97 Å². The number of hydrogen-bond acceptors (Lipinski definition) is 9. The lowest BCUT2D eigenvalue weighted by molar-refractivity contribution is -0.384. The van der Waals surface area contributed by atoms with Crippen molar-refractivity contribution in [1.29, 1.82) is 5.41 Å². The molecule has 0 saturated heterocycles. The van der Waals surface area contributed by atoms with Gasteiger partial charge in [-0.05, 0) is 24.6 Å². The zero-order valence-electron chi connectivity index (χ0n) is 23.2. The number of fused-ring (bicyclic) bond motifs is 1. The molecule has 2 heterocycles. The van der Waals surface area contributed by atoms with Crippen LogP contribution in [0.4, 0.5) is 5.69 Å². The summed E-state index contributed by atoms with van der Waals surface area (Å²) in [7, 11) is 1.38. The first-order valence-electron chi connectivity index (χ1n) is 13.2. The second kappa shape index (κ2) is 12.9. The Bertz CT molecular complexity index is 1520. The number of carbonyl (C=O) groups excluding carboxylic acids is 3. The van der Waals surface area contributed by atoms with Gasteiger partial charge in [0.2, 0.25) is 5.91 Å². The highest BCUT2D eigenvalue weighted by Gasteiger charge is 2.31. The van der Waals surface area contributed by atoms with E-state index >= 15 is 0 Å². The maximum absolute atomic E-state index is 13.8. The van der Waals surface area contributed by atoms with Crippen LogP contribution >= 0.6 is 0 Å². The lowest BCUT2D eigenvalue weighted by atomic mass is 10.0. The molecule has 1 aliphatic heterocycles. The Balaban J connectivity index is 1.57. The number of esters is 1. The van der Waals surface area contributed by atoms with Crippen molar-refractivity contribution in [2.24, 2.45) is 5.73 Å². The molecule has 0 bridgehead atoms. The van der Waals surface area contributed by atoms with Crippen molar-refractivity contribution in [2.45, 2.75) is 38.9 Å². The third-order valence-corrected chi connectivity index (χ3v) is 6.76. The number of nitrogens with zero attached hydrogens (tertiary/aromatic N) is 4. The maximum atomic E-state index is 13.8. The number of nitro groups is 1. The normalized spacial score (nSPS) is 13.0. The van der Waals surface area contributed by atoms with Crippen LogP contribution in [0.15, 0.2) is 48.7 Å². The largest absolute Gasteiger partial charge is 0.496 e. The standard InChI is InChI=1S/C28H31N7O7/c1-3-42-25(36)16-34-15-19-14-33(11-10-22(19)32-34)28(38)23(12-17-4-7-20(8-5-17)35(39)40)31-27(37)21-9-6-18(26(29)30)13-24(21)41-2/h4-9,13,15,23H,3,10-12,14,16H2,1-2H3,(H3,29,30)(H,31,37)/t23-/m0/s1. The van der Waals surface area contributed by atoms with Crippen LogP contribution in [0, 0.1) is 15.5 Å². The fraction of sp³-hybridized carbons (Fsp3) is 0.321. The topological polar surface area (TPSA) is 196 Å². The predicted molar refractivity (Wildman–Crippen MR) is 150 cm³/mol. The predicted octanol–water partition coefficient (Wildman–Crippen LogP) is 1.57. The van der Waals surface area contributed by atoms with Crippen LogP contribution in [0.3, 0.4) is 0 Å². The molecule has 42 heavy (non-hydrogen) atoms. The van der Waals surface area contributed by atoms with Gasteiger partial charge in [0.25, 0.3) is 11.6 Å². The van der Waals surface area contributed by atoms with Gasteiger partial charge in [-0.15, -0.1) is 0 Å². The molecule has 1 atom stereocenters. The molecular weight excluding hydrogens is 546 g/mol. The molecular formula is C28H31N7O7. The summed E-state index contributed by atoms with van der Waals surface area (Å²) < 4.78 is 11.8. The van der Waals surface area contributed by atoms with Gasteiger partial charge in [-0.2, -0.15) is 5.10 Å². The lowest BCUT2D eigenvalue weighted by Crippen LogP contribution is -2.50. The number of hydrogen-bond donors (Lipinski definition) is 3. The summed E-state index contributed by atoms with van der Waals surface area (Å²) in [6.07, 6.45) is 2.23. The van der Waals surface area contributed by atoms with Crippen LogP contribution in [0.25, 0.3) is 0 Å². The van der Waals surface area contributed by atoms with Crippen molar-refractivity contribution < 1.29 is 28.8 Å². The number of carbonyl (C=O) groups is 3. The number of methoxy groups -OCH3 is 1. The van der Waals surface area contributed by atoms with E-state index < -0.39 is 22.8 Å². The summed E-state index contributed by atoms with van der Waals surface area (Å²) in [5, 5.41) is 26.0. The Hall–Kier alpha value is -5.27. The van der Waals surface area contributed by atoms with Crippen LogP contribution in [0.5, 0.6) is 5.75 Å². The number of aromatic nitrogens is 2. The highest BCUT2D eigenvalue weighted by molar-refractivity contribution is 6.02. The Morgan fingerprint density at radius 2 is 1.95 bits per heavy atom. The van der Waals surface area contributed by atoms with Crippen LogP contribution in [0.1, 0.15) is 39.7 Å². The van der Waals surface area contributed by atoms with Crippen LogP contribution in [-0.4, -0.2) is 69.5 Å². The first-order chi connectivity index (χ1) is 20.1. The minimum absolute atomic E-state index is 0.0438. The van der Waals surface area contributed by atoms with Crippen molar-refractivity contribution in [1.82, 2.24) is 20.0 Å². The van der Waals surface area contributed by atoms with E-state index in [1.54, 1.807) is 30.2 Å². The Morgan fingerprint density at radius 1 is 1.21 bits per heavy atom. The molecule has 220 valence electrons. The third kappa shape index (κ3) is 6.89. The molecule has 3 aromatic rings. The molecule has 0 fully saturated rings. The highest BCUT2D eigenvalue weighted by atomic mass is 16.6. The fourth-order valence-electron chi connectivity index (χ4n) is 4.67. The van der Waals surface area contributed by atoms with Gasteiger partial charge in [0.05, 0.1) is 29.9 Å². The number of nitro benzene ring substituents is 1. The number of amides is 2. The number of non-ortho nitro benzene ring substituents is 1. The number of benzene rings is 2. The van der Waals surface area contributed by atoms with E-state index in [1.165, 1.54) is 42.1 Å². The van der Waals surface area contributed by atoms with Crippen LogP contribution in [0.2, 0.25) is 0 Å². The minimum atomic E-state index is -1.02. The first-order valence-corrected chi connectivity index (χ1v) is 13.2. The average molecular weight is 578 g/mol. The van der Waals surface area contributed by atoms with E-state index in [1.807, 2.05) is 0 Å². The van der Waals surface area contributed by atoms with Gasteiger partial charge in [-0.1, -0.05) is 18.2 Å². The summed E-state index contributed by atoms with van der Waals surface area (Å²) in [5.74, 6) is -1.37. The molecule has 4 rings (SSSR count). The number of ether oxygens (including phenoxy) is 2. The SMILES string of the molecule is CCOC(=O)Cn1cc2c(n1)CCN(C(=O)[C@H](Cc1ccc([N+](=O)[O-])cc1)NC(=O)c1ccc(C(=N)N)cc1OC)C2. The van der Waals surface area contributed by atoms with Gasteiger partial charge in [-0.3, -0.25) is 34.6 Å². The van der Waals surface area contributed by atoms with E-state index in [0.717, 1.165) is 11.3 Å². The van der Waals surface area contributed by atoms with Crippen molar-refractivity contribution in [2.75, 3.05) is 20.3 Å². The number of rotatable bonds is 11. The number of nitrogens with two attached hydrogens (primary N) is 1. The summed E-state index contributed by atoms with van der Waals surface area (Å²) in [5.41, 5.74) is 8.14. The smallest absolute Gasteiger partial charge is 0.327 e. The summed E-state index contributed by atoms with van der Waals surface area (Å²) >= 11 is 0. The quantitative estimate of drug-likeness (QED) is 0.0996. The zero-order chi connectivity index (χ0) is 30.4. The number of nitrogens with one attached hydrogen (secondary N) is 2. The molecule has 1 aromatic heterocycles. The molecule has 2 amide bonds. The molecule has 1 aliphatic rings. The van der Waals surface area contributed by atoms with Gasteiger partial charge < -0.3 is 25.4 Å². The molecule has 2 aromatic carbocycles. The first kappa shape index (κ1) is 29.7. The van der Waals surface area contributed by atoms with Crippen molar-refractivity contribution in [3.8, 4) is 5.75 Å². The molecule has 0 aliphatic carbocycles. The molecule has 14 heteroatoms. The van der Waals surface area contributed by atoms with Crippen LogP contribution < -0.4 is 15.8 Å². The van der Waals surface area contributed by atoms with Crippen molar-refractivity contribution in [3.63, 3.8) is 0 Å². The van der Waals surface area contributed by atoms with E-state index in [9.17, 15) is 24.5 Å². The average Bonchev–Trinajstić information content (AvgIpc) is 3.37. The maximum Gasteiger partial charge on any atom is 0.327 e. The molecule has 0 spiro atoms. The molecule has 4 N–H and O–H groups in total. The molecule has 0 unspecified atom stereocenters. The zero-order valence-corrected chi connectivity index (χ0v) is 23.2. The third-order valence-electron chi connectivity index (χ3n) is 6.76. The van der Waals surface area contributed by atoms with Gasteiger partial charge in [0.15, 0.2) is 0 Å². The van der Waals surface area contributed by atoms with E-state index in [2.05, 4.69) is 10.4 Å². The van der Waals surface area contributed by atoms with E-state index in [4.69, 9.17) is 20.6 Å². The molecule has 0 saturated carbocycles. The number of nitrogen functional groups attached to an aromatic ring is 1. The summed E-state index contributed by atoms with van der Waals surface area (Å²) in [4.78, 5) is 51.3. The second-order valence-electron chi connectivity index (χ2n) is 9.60. The molecule has 14 nitrogen and oxygen atoms in total. The lowest BCUT2D eigenvalue weighted by Gasteiger charge is -2.30. The van der Waals surface area contributed by atoms with E-state index in [0.29, 0.717) is 24.1 Å². The van der Waals surface area contributed by atoms with Gasteiger partial charge in [0, 0.05) is 55.4 Å². The van der Waals surface area contributed by atoms with Crippen LogP contribution in [-0.2, 0) is 40.3 Å². The summed E-state index contributed by atoms with van der Waals surface area (Å²) in [6, 6.07) is 9.18. The van der Waals surface area contributed by atoms with Gasteiger partial charge in [-0.25, -0.2) is 0 Å². The van der Waals surface area contributed by atoms with E-state index in [-0.39, 0.29) is 54.9 Å². The van der Waals surface area contributed by atoms with Gasteiger partial charge in [0.1, 0.15) is 24.2 Å². The fourth-order valence-corrected chi connectivity index (χ4v) is 4.67. The number of amidine groups is 1.